The number of nitrogens with one attached hydrogen (secondary N) is 1. The summed E-state index contributed by atoms with van der Waals surface area (Å²) in [6.07, 6.45) is 3.48. The monoisotopic (exact) mass is 287 g/mol. The molecule has 2 aliphatic rings. The van der Waals surface area contributed by atoms with E-state index < -0.39 is 0 Å². The van der Waals surface area contributed by atoms with Crippen LogP contribution in [0.5, 0.6) is 0 Å². The summed E-state index contributed by atoms with van der Waals surface area (Å²) in [5.41, 5.74) is 1.18. The fourth-order valence-corrected chi connectivity index (χ4v) is 3.09. The van der Waals surface area contributed by atoms with E-state index in [2.05, 4.69) is 36.3 Å². The van der Waals surface area contributed by atoms with Gasteiger partial charge in [-0.15, -0.1) is 0 Å². The maximum absolute atomic E-state index is 12.6. The van der Waals surface area contributed by atoms with Crippen molar-refractivity contribution < 1.29 is 4.79 Å². The Hall–Kier alpha value is -1.39. The van der Waals surface area contributed by atoms with Gasteiger partial charge in [-0.1, -0.05) is 37.3 Å². The summed E-state index contributed by atoms with van der Waals surface area (Å²) < 4.78 is 0. The van der Waals surface area contributed by atoms with Crippen LogP contribution >= 0.6 is 0 Å². The minimum Gasteiger partial charge on any atom is -0.320 e. The van der Waals surface area contributed by atoms with Crippen molar-refractivity contribution in [3.05, 3.63) is 35.9 Å². The highest BCUT2D eigenvalue weighted by molar-refractivity contribution is 5.84. The zero-order chi connectivity index (χ0) is 14.8. The summed E-state index contributed by atoms with van der Waals surface area (Å²) in [5.74, 6) is 0.246. The van der Waals surface area contributed by atoms with Gasteiger partial charge >= 0.3 is 0 Å². The average molecular weight is 287 g/mol. The molecule has 2 atom stereocenters. The number of likely N-dealkylation sites (N-methyl/N-ethyl adjacent to an activating group) is 1. The lowest BCUT2D eigenvalue weighted by atomic mass is 10.1. The Morgan fingerprint density at radius 1 is 1.29 bits per heavy atom. The molecule has 4 nitrogen and oxygen atoms in total. The van der Waals surface area contributed by atoms with Gasteiger partial charge in [0.2, 0.25) is 5.91 Å². The van der Waals surface area contributed by atoms with Gasteiger partial charge in [-0.3, -0.25) is 10.1 Å². The highest BCUT2D eigenvalue weighted by Crippen LogP contribution is 2.28. The number of carbonyl (C=O) groups is 1. The van der Waals surface area contributed by atoms with E-state index in [-0.39, 0.29) is 18.1 Å². The van der Waals surface area contributed by atoms with Crippen LogP contribution in [0.1, 0.15) is 37.9 Å². The van der Waals surface area contributed by atoms with Crippen molar-refractivity contribution >= 4 is 5.91 Å². The number of benzene rings is 1. The predicted octanol–water partition coefficient (Wildman–Crippen LogP) is 1.99. The van der Waals surface area contributed by atoms with E-state index in [1.165, 1.54) is 18.4 Å². The normalized spacial score (nSPS) is 25.9. The molecule has 1 amide bonds. The lowest BCUT2D eigenvalue weighted by molar-refractivity contribution is -0.130. The molecular formula is C17H25N3O. The average Bonchev–Trinajstić information content (AvgIpc) is 3.31. The first kappa shape index (κ1) is 14.5. The van der Waals surface area contributed by atoms with Crippen LogP contribution in [0.2, 0.25) is 0 Å². The molecule has 2 unspecified atom stereocenters. The van der Waals surface area contributed by atoms with Crippen molar-refractivity contribution in [1.29, 1.82) is 0 Å². The Labute approximate surface area is 127 Å². The Morgan fingerprint density at radius 3 is 2.62 bits per heavy atom. The molecule has 1 saturated heterocycles. The molecule has 0 aromatic heterocycles. The molecule has 1 heterocycles. The van der Waals surface area contributed by atoms with Crippen molar-refractivity contribution in [2.24, 2.45) is 0 Å². The van der Waals surface area contributed by atoms with Crippen LogP contribution in [0.3, 0.4) is 0 Å². The molecule has 0 spiro atoms. The van der Waals surface area contributed by atoms with Crippen molar-refractivity contribution in [2.45, 2.75) is 44.4 Å². The molecule has 1 N–H and O–H groups in total. The minimum atomic E-state index is -0.0403. The van der Waals surface area contributed by atoms with Crippen LogP contribution in [0, 0.1) is 0 Å². The number of rotatable bonds is 6. The molecule has 21 heavy (non-hydrogen) atoms. The van der Waals surface area contributed by atoms with Gasteiger partial charge in [-0.05, 0) is 31.9 Å². The van der Waals surface area contributed by atoms with Crippen molar-refractivity contribution in [3.63, 3.8) is 0 Å². The third kappa shape index (κ3) is 3.11. The largest absolute Gasteiger partial charge is 0.320 e. The summed E-state index contributed by atoms with van der Waals surface area (Å²) in [7, 11) is 2.17. The first-order chi connectivity index (χ1) is 10.2. The highest BCUT2D eigenvalue weighted by atomic mass is 16.2. The van der Waals surface area contributed by atoms with E-state index in [1.54, 1.807) is 0 Å². The van der Waals surface area contributed by atoms with Crippen LogP contribution in [0.15, 0.2) is 30.3 Å². The van der Waals surface area contributed by atoms with Crippen molar-refractivity contribution in [1.82, 2.24) is 15.1 Å². The van der Waals surface area contributed by atoms with Crippen LogP contribution in [-0.4, -0.2) is 47.9 Å². The molecule has 3 rings (SSSR count). The van der Waals surface area contributed by atoms with Crippen LogP contribution in [-0.2, 0) is 4.79 Å². The van der Waals surface area contributed by atoms with Gasteiger partial charge < -0.3 is 9.80 Å². The molecule has 1 aliphatic heterocycles. The Bertz CT molecular complexity index is 486. The first-order valence-corrected chi connectivity index (χ1v) is 8.02. The second kappa shape index (κ2) is 6.16. The number of nitrogens with zero attached hydrogens (tertiary/aromatic N) is 2. The molecule has 4 heteroatoms. The van der Waals surface area contributed by atoms with Gasteiger partial charge in [-0.25, -0.2) is 0 Å². The maximum Gasteiger partial charge on any atom is 0.241 e. The lowest BCUT2D eigenvalue weighted by Crippen LogP contribution is -2.38. The van der Waals surface area contributed by atoms with Gasteiger partial charge in [0.25, 0.3) is 0 Å². The highest BCUT2D eigenvalue weighted by Gasteiger charge is 2.38. The summed E-state index contributed by atoms with van der Waals surface area (Å²) in [6.45, 7) is 3.82. The lowest BCUT2D eigenvalue weighted by Gasteiger charge is -2.27. The van der Waals surface area contributed by atoms with Gasteiger partial charge in [0.05, 0.1) is 6.04 Å². The predicted molar refractivity (Wildman–Crippen MR) is 83.8 cm³/mol. The molecule has 1 saturated carbocycles. The van der Waals surface area contributed by atoms with Gasteiger partial charge in [0.15, 0.2) is 0 Å². The summed E-state index contributed by atoms with van der Waals surface area (Å²) >= 11 is 0. The van der Waals surface area contributed by atoms with E-state index in [0.717, 1.165) is 25.6 Å². The smallest absolute Gasteiger partial charge is 0.241 e. The number of hydrogen-bond donors (Lipinski definition) is 1. The summed E-state index contributed by atoms with van der Waals surface area (Å²) in [4.78, 5) is 17.0. The second-order valence-corrected chi connectivity index (χ2v) is 6.18. The van der Waals surface area contributed by atoms with Crippen LogP contribution in [0.25, 0.3) is 0 Å². The fourth-order valence-electron chi connectivity index (χ4n) is 3.09. The third-order valence-electron chi connectivity index (χ3n) is 4.64. The second-order valence-electron chi connectivity index (χ2n) is 6.18. The van der Waals surface area contributed by atoms with E-state index in [0.29, 0.717) is 0 Å². The zero-order valence-corrected chi connectivity index (χ0v) is 13.0. The molecule has 1 aromatic rings. The first-order valence-electron chi connectivity index (χ1n) is 8.02. The standard InChI is InChI=1S/C17H25N3O/c1-3-15-17(21)20(12-11-19(2)14-9-10-14)16(18-15)13-7-5-4-6-8-13/h4-8,14-16,18H,3,9-12H2,1-2H3. The van der Waals surface area contributed by atoms with Gasteiger partial charge in [0.1, 0.15) is 6.17 Å². The van der Waals surface area contributed by atoms with Crippen LogP contribution < -0.4 is 5.32 Å². The van der Waals surface area contributed by atoms with Crippen LogP contribution in [0.4, 0.5) is 0 Å². The van der Waals surface area contributed by atoms with E-state index >= 15 is 0 Å². The van der Waals surface area contributed by atoms with Crippen molar-refractivity contribution in [3.8, 4) is 0 Å². The maximum atomic E-state index is 12.6. The summed E-state index contributed by atoms with van der Waals surface area (Å²) in [6, 6.07) is 11.0. The molecule has 114 valence electrons. The molecular weight excluding hydrogens is 262 g/mol. The molecule has 2 fully saturated rings. The quantitative estimate of drug-likeness (QED) is 0.869. The molecule has 0 radical (unpaired) electrons. The molecule has 0 bridgehead atoms. The topological polar surface area (TPSA) is 35.6 Å². The molecule has 1 aromatic carbocycles. The fraction of sp³-hybridized carbons (Fsp3) is 0.588. The zero-order valence-electron chi connectivity index (χ0n) is 13.0. The third-order valence-corrected chi connectivity index (χ3v) is 4.64. The number of carbonyl (C=O) groups excluding carboxylic acids is 1. The Kier molecular flexibility index (Phi) is 4.27. The number of amides is 1. The summed E-state index contributed by atoms with van der Waals surface area (Å²) in [5, 5.41) is 3.48. The van der Waals surface area contributed by atoms with Gasteiger partial charge in [0, 0.05) is 19.1 Å². The van der Waals surface area contributed by atoms with Gasteiger partial charge in [-0.2, -0.15) is 0 Å². The SMILES string of the molecule is CCC1NC(c2ccccc2)N(CCN(C)C2CC2)C1=O. The van der Waals surface area contributed by atoms with E-state index in [1.807, 2.05) is 23.1 Å². The Morgan fingerprint density at radius 2 is 2.00 bits per heavy atom. The van der Waals surface area contributed by atoms with E-state index in [9.17, 15) is 4.79 Å². The number of hydrogen-bond acceptors (Lipinski definition) is 3. The van der Waals surface area contributed by atoms with E-state index in [4.69, 9.17) is 0 Å². The van der Waals surface area contributed by atoms with Crippen molar-refractivity contribution in [2.75, 3.05) is 20.1 Å². The Balaban J connectivity index is 1.71. The molecule has 1 aliphatic carbocycles. The minimum absolute atomic E-state index is 0.0243.